The molecule has 1 fully saturated rings. The van der Waals surface area contributed by atoms with Crippen molar-refractivity contribution in [2.45, 2.75) is 6.42 Å². The van der Waals surface area contributed by atoms with Crippen LogP contribution in [0.2, 0.25) is 0 Å². The van der Waals surface area contributed by atoms with E-state index in [4.69, 9.17) is 5.11 Å². The summed E-state index contributed by atoms with van der Waals surface area (Å²) in [7, 11) is -2.86. The topological polar surface area (TPSA) is 77.9 Å². The first kappa shape index (κ1) is 15.9. The SMILES string of the molecule is O=C(O)N1CC=C(c2ccc(N3CCS(=O)(=O)CC3)cc2)CC1. The molecule has 3 rings (SSSR count). The fourth-order valence-electron chi connectivity index (χ4n) is 2.96. The van der Waals surface area contributed by atoms with Gasteiger partial charge in [0.15, 0.2) is 9.84 Å². The van der Waals surface area contributed by atoms with Gasteiger partial charge in [0.1, 0.15) is 0 Å². The summed E-state index contributed by atoms with van der Waals surface area (Å²) in [6.07, 6.45) is 1.80. The summed E-state index contributed by atoms with van der Waals surface area (Å²) in [6, 6.07) is 8.08. The third kappa shape index (κ3) is 3.67. The van der Waals surface area contributed by atoms with E-state index in [1.165, 1.54) is 4.90 Å². The summed E-state index contributed by atoms with van der Waals surface area (Å²) < 4.78 is 23.0. The molecule has 0 bridgehead atoms. The van der Waals surface area contributed by atoms with E-state index in [2.05, 4.69) is 4.90 Å². The molecule has 0 atom stereocenters. The van der Waals surface area contributed by atoms with Gasteiger partial charge in [-0.05, 0) is 29.7 Å². The lowest BCUT2D eigenvalue weighted by Gasteiger charge is -2.29. The van der Waals surface area contributed by atoms with Crippen LogP contribution in [0.15, 0.2) is 30.3 Å². The maximum atomic E-state index is 11.5. The molecule has 0 aliphatic carbocycles. The monoisotopic (exact) mass is 336 g/mol. The van der Waals surface area contributed by atoms with Crippen LogP contribution >= 0.6 is 0 Å². The van der Waals surface area contributed by atoms with Crippen LogP contribution in [0.5, 0.6) is 0 Å². The number of rotatable bonds is 2. The highest BCUT2D eigenvalue weighted by Gasteiger charge is 2.22. The number of hydrogen-bond acceptors (Lipinski definition) is 4. The summed E-state index contributed by atoms with van der Waals surface area (Å²) in [5.41, 5.74) is 3.30. The molecular formula is C16H20N2O4S. The van der Waals surface area contributed by atoms with Crippen molar-refractivity contribution in [3.05, 3.63) is 35.9 Å². The lowest BCUT2D eigenvalue weighted by Crippen LogP contribution is -2.40. The van der Waals surface area contributed by atoms with Crippen LogP contribution in [0.1, 0.15) is 12.0 Å². The van der Waals surface area contributed by atoms with Gasteiger partial charge in [0, 0.05) is 31.9 Å². The molecule has 1 amide bonds. The molecule has 1 saturated heterocycles. The average Bonchev–Trinajstić information content (AvgIpc) is 2.55. The molecule has 124 valence electrons. The Bertz CT molecular complexity index is 711. The smallest absolute Gasteiger partial charge is 0.407 e. The van der Waals surface area contributed by atoms with Crippen molar-refractivity contribution in [1.29, 1.82) is 0 Å². The molecule has 0 unspecified atom stereocenters. The first-order valence-corrected chi connectivity index (χ1v) is 9.49. The van der Waals surface area contributed by atoms with Gasteiger partial charge < -0.3 is 14.9 Å². The zero-order chi connectivity index (χ0) is 16.4. The van der Waals surface area contributed by atoms with E-state index < -0.39 is 15.9 Å². The van der Waals surface area contributed by atoms with Crippen LogP contribution in [-0.2, 0) is 9.84 Å². The molecule has 2 aliphatic rings. The minimum absolute atomic E-state index is 0.213. The average molecular weight is 336 g/mol. The van der Waals surface area contributed by atoms with Gasteiger partial charge in [-0.2, -0.15) is 0 Å². The molecule has 7 heteroatoms. The van der Waals surface area contributed by atoms with Crippen molar-refractivity contribution < 1.29 is 18.3 Å². The normalized spacial score (nSPS) is 21.0. The number of nitrogens with zero attached hydrogens (tertiary/aromatic N) is 2. The zero-order valence-corrected chi connectivity index (χ0v) is 13.6. The zero-order valence-electron chi connectivity index (χ0n) is 12.8. The lowest BCUT2D eigenvalue weighted by atomic mass is 9.99. The molecular weight excluding hydrogens is 316 g/mol. The third-order valence-corrected chi connectivity index (χ3v) is 6.04. The van der Waals surface area contributed by atoms with Crippen molar-refractivity contribution in [3.8, 4) is 0 Å². The van der Waals surface area contributed by atoms with Crippen molar-refractivity contribution in [1.82, 2.24) is 4.90 Å². The highest BCUT2D eigenvalue weighted by molar-refractivity contribution is 7.91. The number of carbonyl (C=O) groups is 1. The molecule has 0 radical (unpaired) electrons. The fourth-order valence-corrected chi connectivity index (χ4v) is 4.16. The minimum atomic E-state index is -2.86. The second-order valence-corrected chi connectivity index (χ2v) is 8.20. The Morgan fingerprint density at radius 1 is 1.04 bits per heavy atom. The van der Waals surface area contributed by atoms with Gasteiger partial charge in [0.25, 0.3) is 0 Å². The minimum Gasteiger partial charge on any atom is -0.465 e. The van der Waals surface area contributed by atoms with E-state index in [9.17, 15) is 13.2 Å². The van der Waals surface area contributed by atoms with E-state index >= 15 is 0 Å². The molecule has 2 aliphatic heterocycles. The first-order chi connectivity index (χ1) is 10.9. The summed E-state index contributed by atoms with van der Waals surface area (Å²) in [5.74, 6) is 0.426. The molecule has 1 aromatic carbocycles. The quantitative estimate of drug-likeness (QED) is 0.889. The largest absolute Gasteiger partial charge is 0.465 e. The Hall–Kier alpha value is -2.02. The van der Waals surface area contributed by atoms with E-state index in [0.717, 1.165) is 16.8 Å². The maximum absolute atomic E-state index is 11.5. The molecule has 0 aromatic heterocycles. The number of sulfone groups is 1. The second kappa shape index (κ2) is 6.23. The summed E-state index contributed by atoms with van der Waals surface area (Å²) >= 11 is 0. The molecule has 0 spiro atoms. The van der Waals surface area contributed by atoms with Gasteiger partial charge >= 0.3 is 6.09 Å². The Kier molecular flexibility index (Phi) is 4.30. The molecule has 1 aromatic rings. The van der Waals surface area contributed by atoms with E-state index in [-0.39, 0.29) is 11.5 Å². The maximum Gasteiger partial charge on any atom is 0.407 e. The van der Waals surface area contributed by atoms with Crippen molar-refractivity contribution >= 4 is 27.2 Å². The molecule has 23 heavy (non-hydrogen) atoms. The fraction of sp³-hybridized carbons (Fsp3) is 0.438. The second-order valence-electron chi connectivity index (χ2n) is 5.89. The van der Waals surface area contributed by atoms with Crippen LogP contribution < -0.4 is 4.90 Å². The van der Waals surface area contributed by atoms with Gasteiger partial charge in [0.05, 0.1) is 11.5 Å². The molecule has 0 saturated carbocycles. The van der Waals surface area contributed by atoms with E-state index in [1.54, 1.807) is 0 Å². The van der Waals surface area contributed by atoms with Crippen molar-refractivity contribution in [2.24, 2.45) is 0 Å². The van der Waals surface area contributed by atoms with Crippen molar-refractivity contribution in [3.63, 3.8) is 0 Å². The first-order valence-electron chi connectivity index (χ1n) is 7.67. The molecule has 2 heterocycles. The van der Waals surface area contributed by atoms with Gasteiger partial charge in [-0.1, -0.05) is 18.2 Å². The lowest BCUT2D eigenvalue weighted by molar-refractivity contribution is 0.150. The summed E-state index contributed by atoms with van der Waals surface area (Å²) in [5, 5.41) is 8.96. The van der Waals surface area contributed by atoms with Crippen LogP contribution in [0.4, 0.5) is 10.5 Å². The highest BCUT2D eigenvalue weighted by Crippen LogP contribution is 2.25. The number of hydrogen-bond donors (Lipinski definition) is 1. The summed E-state index contributed by atoms with van der Waals surface area (Å²) in [4.78, 5) is 14.4. The van der Waals surface area contributed by atoms with Crippen LogP contribution in [0.3, 0.4) is 0 Å². The number of carboxylic acid groups (broad SMARTS) is 1. The van der Waals surface area contributed by atoms with Gasteiger partial charge in [-0.25, -0.2) is 13.2 Å². The Balaban J connectivity index is 1.67. The highest BCUT2D eigenvalue weighted by atomic mass is 32.2. The van der Waals surface area contributed by atoms with Gasteiger partial charge in [-0.3, -0.25) is 0 Å². The number of anilines is 1. The number of benzene rings is 1. The van der Waals surface area contributed by atoms with Crippen LogP contribution in [-0.4, -0.2) is 62.2 Å². The van der Waals surface area contributed by atoms with E-state index in [1.807, 2.05) is 30.3 Å². The third-order valence-electron chi connectivity index (χ3n) is 4.43. The van der Waals surface area contributed by atoms with Crippen molar-refractivity contribution in [2.75, 3.05) is 42.6 Å². The predicted molar refractivity (Wildman–Crippen MR) is 89.5 cm³/mol. The molecule has 6 nitrogen and oxygen atoms in total. The molecule has 1 N–H and O–H groups in total. The Morgan fingerprint density at radius 2 is 1.70 bits per heavy atom. The van der Waals surface area contributed by atoms with Crippen LogP contribution in [0.25, 0.3) is 5.57 Å². The van der Waals surface area contributed by atoms with Crippen LogP contribution in [0, 0.1) is 0 Å². The van der Waals surface area contributed by atoms with Gasteiger partial charge in [0.2, 0.25) is 0 Å². The van der Waals surface area contributed by atoms with E-state index in [0.29, 0.717) is 32.6 Å². The standard InChI is InChI=1S/C16H20N2O4S/c19-16(20)18-7-5-14(6-8-18)13-1-3-15(4-2-13)17-9-11-23(21,22)12-10-17/h1-5H,6-12H2,(H,19,20). The predicted octanol–water partition coefficient (Wildman–Crippen LogP) is 1.69. The Labute approximate surface area is 135 Å². The summed E-state index contributed by atoms with van der Waals surface area (Å²) in [6.45, 7) is 2.03. The number of amides is 1. The van der Waals surface area contributed by atoms with Gasteiger partial charge in [-0.15, -0.1) is 0 Å². The Morgan fingerprint density at radius 3 is 2.22 bits per heavy atom.